The quantitative estimate of drug-likeness (QED) is 0.903. The minimum absolute atomic E-state index is 0.302. The monoisotopic (exact) mass is 366 g/mol. The lowest BCUT2D eigenvalue weighted by Crippen LogP contribution is -2.49. The minimum Gasteiger partial charge on any atom is -0.346 e. The number of thiazole rings is 1. The van der Waals surface area contributed by atoms with Crippen LogP contribution in [0.2, 0.25) is 0 Å². The van der Waals surface area contributed by atoms with E-state index in [2.05, 4.69) is 55.0 Å². The Labute approximate surface area is 137 Å². The van der Waals surface area contributed by atoms with Gasteiger partial charge in [0.2, 0.25) is 0 Å². The third-order valence-corrected chi connectivity index (χ3v) is 5.28. The summed E-state index contributed by atoms with van der Waals surface area (Å²) >= 11 is 5.19. The zero-order chi connectivity index (χ0) is 14.7. The molecule has 6 heteroatoms. The fourth-order valence-electron chi connectivity index (χ4n) is 2.78. The van der Waals surface area contributed by atoms with Gasteiger partial charge in [-0.05, 0) is 17.7 Å². The van der Waals surface area contributed by atoms with Crippen molar-refractivity contribution in [3.05, 3.63) is 45.9 Å². The molecule has 3 rings (SSSR count). The summed E-state index contributed by atoms with van der Waals surface area (Å²) in [6.45, 7) is 4.73. The van der Waals surface area contributed by atoms with E-state index in [1.54, 1.807) is 11.3 Å². The molecular formula is C15H19BrN4S. The van der Waals surface area contributed by atoms with Gasteiger partial charge in [-0.1, -0.05) is 28.1 Å². The molecule has 0 bridgehead atoms. The van der Waals surface area contributed by atoms with Crippen LogP contribution in [0, 0.1) is 0 Å². The van der Waals surface area contributed by atoms with Crippen LogP contribution in [0.5, 0.6) is 0 Å². The van der Waals surface area contributed by atoms with Crippen molar-refractivity contribution in [2.75, 3.05) is 37.6 Å². The van der Waals surface area contributed by atoms with Gasteiger partial charge in [0.1, 0.15) is 0 Å². The average Bonchev–Trinajstić information content (AvgIpc) is 3.05. The van der Waals surface area contributed by atoms with Crippen LogP contribution in [0.3, 0.4) is 0 Å². The molecule has 1 aliphatic heterocycles. The van der Waals surface area contributed by atoms with Gasteiger partial charge in [-0.15, -0.1) is 11.3 Å². The first-order chi connectivity index (χ1) is 10.3. The fourth-order valence-corrected chi connectivity index (χ4v) is 3.74. The van der Waals surface area contributed by atoms with E-state index in [4.69, 9.17) is 5.73 Å². The van der Waals surface area contributed by atoms with Crippen molar-refractivity contribution in [3.63, 3.8) is 0 Å². The molecule has 2 heterocycles. The molecule has 2 N–H and O–H groups in total. The number of benzene rings is 1. The maximum absolute atomic E-state index is 6.03. The topological polar surface area (TPSA) is 45.4 Å². The lowest BCUT2D eigenvalue weighted by molar-refractivity contribution is 0.190. The number of aromatic nitrogens is 1. The first-order valence-corrected chi connectivity index (χ1v) is 8.79. The molecule has 1 aromatic heterocycles. The standard InChI is InChI=1S/C15H19BrN4S/c16-13-3-1-12(2-4-13)14(11-17)19-6-8-20(9-7-19)15-18-5-10-21-15/h1-5,10,14H,6-9,11,17H2. The number of anilines is 1. The highest BCUT2D eigenvalue weighted by Crippen LogP contribution is 2.25. The molecule has 21 heavy (non-hydrogen) atoms. The Morgan fingerprint density at radius 3 is 2.48 bits per heavy atom. The van der Waals surface area contributed by atoms with E-state index >= 15 is 0 Å². The van der Waals surface area contributed by atoms with E-state index in [9.17, 15) is 0 Å². The van der Waals surface area contributed by atoms with E-state index in [0.29, 0.717) is 12.6 Å². The summed E-state index contributed by atoms with van der Waals surface area (Å²) in [6.07, 6.45) is 1.87. The Balaban J connectivity index is 1.65. The van der Waals surface area contributed by atoms with Crippen molar-refractivity contribution >= 4 is 32.4 Å². The highest BCUT2D eigenvalue weighted by molar-refractivity contribution is 9.10. The van der Waals surface area contributed by atoms with Gasteiger partial charge in [0.25, 0.3) is 0 Å². The summed E-state index contributed by atoms with van der Waals surface area (Å²) in [4.78, 5) is 9.23. The first kappa shape index (κ1) is 15.0. The van der Waals surface area contributed by atoms with Gasteiger partial charge in [0, 0.05) is 54.8 Å². The molecular weight excluding hydrogens is 348 g/mol. The Hall–Kier alpha value is -0.950. The summed E-state index contributed by atoms with van der Waals surface area (Å²) in [6, 6.07) is 8.80. The summed E-state index contributed by atoms with van der Waals surface area (Å²) < 4.78 is 1.11. The number of halogens is 1. The largest absolute Gasteiger partial charge is 0.346 e. The number of hydrogen-bond acceptors (Lipinski definition) is 5. The molecule has 1 saturated heterocycles. The summed E-state index contributed by atoms with van der Waals surface area (Å²) in [5, 5.41) is 3.16. The smallest absolute Gasteiger partial charge is 0.185 e. The van der Waals surface area contributed by atoms with Gasteiger partial charge in [-0.25, -0.2) is 4.98 Å². The normalized spacial score (nSPS) is 17.9. The van der Waals surface area contributed by atoms with Crippen molar-refractivity contribution < 1.29 is 0 Å². The van der Waals surface area contributed by atoms with Gasteiger partial charge in [0.05, 0.1) is 0 Å². The van der Waals surface area contributed by atoms with E-state index in [0.717, 1.165) is 35.8 Å². The lowest BCUT2D eigenvalue weighted by Gasteiger charge is -2.39. The molecule has 112 valence electrons. The molecule has 1 aromatic carbocycles. The van der Waals surface area contributed by atoms with Crippen LogP contribution in [-0.4, -0.2) is 42.6 Å². The zero-order valence-corrected chi connectivity index (χ0v) is 14.2. The molecule has 0 aliphatic carbocycles. The van der Waals surface area contributed by atoms with Crippen LogP contribution in [0.25, 0.3) is 0 Å². The molecule has 2 aromatic rings. The molecule has 0 spiro atoms. The average molecular weight is 367 g/mol. The molecule has 1 atom stereocenters. The maximum atomic E-state index is 6.03. The van der Waals surface area contributed by atoms with Crippen molar-refractivity contribution in [2.45, 2.75) is 6.04 Å². The van der Waals surface area contributed by atoms with Crippen molar-refractivity contribution in [1.29, 1.82) is 0 Å². The van der Waals surface area contributed by atoms with Gasteiger partial charge in [0.15, 0.2) is 5.13 Å². The van der Waals surface area contributed by atoms with Crippen LogP contribution in [0.15, 0.2) is 40.3 Å². The highest BCUT2D eigenvalue weighted by atomic mass is 79.9. The van der Waals surface area contributed by atoms with E-state index in [1.807, 2.05) is 11.6 Å². The van der Waals surface area contributed by atoms with Crippen LogP contribution in [-0.2, 0) is 0 Å². The third kappa shape index (κ3) is 3.45. The number of hydrogen-bond donors (Lipinski definition) is 1. The Kier molecular flexibility index (Phi) is 4.90. The van der Waals surface area contributed by atoms with Crippen LogP contribution in [0.1, 0.15) is 11.6 Å². The number of nitrogens with zero attached hydrogens (tertiary/aromatic N) is 3. The summed E-state index contributed by atoms with van der Waals surface area (Å²) in [5.74, 6) is 0. The van der Waals surface area contributed by atoms with Crippen LogP contribution < -0.4 is 10.6 Å². The first-order valence-electron chi connectivity index (χ1n) is 7.12. The number of rotatable bonds is 4. The zero-order valence-electron chi connectivity index (χ0n) is 11.8. The molecule has 4 nitrogen and oxygen atoms in total. The third-order valence-electron chi connectivity index (χ3n) is 3.92. The van der Waals surface area contributed by atoms with Crippen LogP contribution in [0.4, 0.5) is 5.13 Å². The minimum atomic E-state index is 0.302. The second-order valence-corrected chi connectivity index (χ2v) is 6.93. The molecule has 1 unspecified atom stereocenters. The molecule has 1 aliphatic rings. The van der Waals surface area contributed by atoms with E-state index in [-0.39, 0.29) is 0 Å². The second-order valence-electron chi connectivity index (χ2n) is 5.14. The van der Waals surface area contributed by atoms with Crippen molar-refractivity contribution in [2.24, 2.45) is 5.73 Å². The number of piperazine rings is 1. The van der Waals surface area contributed by atoms with Gasteiger partial charge < -0.3 is 10.6 Å². The molecule has 0 amide bonds. The van der Waals surface area contributed by atoms with Crippen molar-refractivity contribution in [3.8, 4) is 0 Å². The van der Waals surface area contributed by atoms with E-state index < -0.39 is 0 Å². The van der Waals surface area contributed by atoms with Crippen LogP contribution >= 0.6 is 27.3 Å². The molecule has 0 radical (unpaired) electrons. The number of nitrogens with two attached hydrogens (primary N) is 1. The molecule has 1 fully saturated rings. The predicted molar refractivity (Wildman–Crippen MR) is 91.8 cm³/mol. The van der Waals surface area contributed by atoms with E-state index in [1.165, 1.54) is 5.56 Å². The Morgan fingerprint density at radius 1 is 1.19 bits per heavy atom. The second kappa shape index (κ2) is 6.87. The maximum Gasteiger partial charge on any atom is 0.185 e. The highest BCUT2D eigenvalue weighted by Gasteiger charge is 2.24. The summed E-state index contributed by atoms with van der Waals surface area (Å²) in [7, 11) is 0. The van der Waals surface area contributed by atoms with Gasteiger partial charge in [-0.3, -0.25) is 4.90 Å². The van der Waals surface area contributed by atoms with Gasteiger partial charge >= 0.3 is 0 Å². The Bertz CT molecular complexity index is 550. The van der Waals surface area contributed by atoms with Crippen molar-refractivity contribution in [1.82, 2.24) is 9.88 Å². The van der Waals surface area contributed by atoms with Gasteiger partial charge in [-0.2, -0.15) is 0 Å². The Morgan fingerprint density at radius 2 is 1.90 bits per heavy atom. The molecule has 0 saturated carbocycles. The lowest BCUT2D eigenvalue weighted by atomic mass is 10.0. The fraction of sp³-hybridized carbons (Fsp3) is 0.400. The predicted octanol–water partition coefficient (Wildman–Crippen LogP) is 2.73. The summed E-state index contributed by atoms with van der Waals surface area (Å²) in [5.41, 5.74) is 7.32. The SMILES string of the molecule is NCC(c1ccc(Br)cc1)N1CCN(c2nccs2)CC1.